The first-order valence-electron chi connectivity index (χ1n) is 6.40. The van der Waals surface area contributed by atoms with E-state index in [4.69, 9.17) is 0 Å². The molecule has 0 spiro atoms. The highest BCUT2D eigenvalue weighted by Gasteiger charge is 2.12. The van der Waals surface area contributed by atoms with Gasteiger partial charge in [-0.15, -0.1) is 0 Å². The molecule has 0 aromatic heterocycles. The molecule has 1 aromatic rings. The van der Waals surface area contributed by atoms with Crippen LogP contribution in [0.1, 0.15) is 12.0 Å². The van der Waals surface area contributed by atoms with Crippen molar-refractivity contribution >= 4 is 22.6 Å². The maximum atomic E-state index is 2.59. The number of piperazine rings is 1. The van der Waals surface area contributed by atoms with E-state index in [1.807, 2.05) is 0 Å². The molecule has 1 saturated heterocycles. The van der Waals surface area contributed by atoms with Crippen molar-refractivity contribution in [2.75, 3.05) is 39.8 Å². The van der Waals surface area contributed by atoms with Gasteiger partial charge in [-0.05, 0) is 60.7 Å². The van der Waals surface area contributed by atoms with Crippen LogP contribution in [0.2, 0.25) is 0 Å². The van der Waals surface area contributed by atoms with Crippen LogP contribution in [0.4, 0.5) is 0 Å². The summed E-state index contributed by atoms with van der Waals surface area (Å²) in [6.45, 7) is 6.18. The average Bonchev–Trinajstić information content (AvgIpc) is 2.34. The molecule has 0 bridgehead atoms. The van der Waals surface area contributed by atoms with Crippen LogP contribution in [0.15, 0.2) is 24.3 Å². The molecule has 2 rings (SSSR count). The minimum absolute atomic E-state index is 1.21. The molecule has 0 unspecified atom stereocenters. The first-order valence-corrected chi connectivity index (χ1v) is 7.48. The number of aryl methyl sites for hydroxylation is 1. The van der Waals surface area contributed by atoms with Crippen LogP contribution >= 0.6 is 22.6 Å². The van der Waals surface area contributed by atoms with Gasteiger partial charge in [-0.3, -0.25) is 0 Å². The molecule has 0 atom stereocenters. The third-order valence-corrected chi connectivity index (χ3v) is 4.53. The van der Waals surface area contributed by atoms with Gasteiger partial charge in [0.05, 0.1) is 0 Å². The Morgan fingerprint density at radius 2 is 1.82 bits per heavy atom. The molecule has 3 heteroatoms. The van der Waals surface area contributed by atoms with E-state index in [-0.39, 0.29) is 0 Å². The van der Waals surface area contributed by atoms with Gasteiger partial charge < -0.3 is 9.80 Å². The molecule has 1 fully saturated rings. The Bertz CT molecular complexity index is 346. The van der Waals surface area contributed by atoms with Crippen LogP contribution in [0.3, 0.4) is 0 Å². The van der Waals surface area contributed by atoms with Crippen LogP contribution in [-0.2, 0) is 6.42 Å². The van der Waals surface area contributed by atoms with Crippen molar-refractivity contribution in [1.82, 2.24) is 9.80 Å². The van der Waals surface area contributed by atoms with Gasteiger partial charge in [0.1, 0.15) is 0 Å². The summed E-state index contributed by atoms with van der Waals surface area (Å²) >= 11 is 2.44. The van der Waals surface area contributed by atoms with E-state index >= 15 is 0 Å². The topological polar surface area (TPSA) is 6.48 Å². The molecule has 1 heterocycles. The summed E-state index contributed by atoms with van der Waals surface area (Å²) in [6, 6.07) is 8.72. The van der Waals surface area contributed by atoms with Crippen LogP contribution in [0, 0.1) is 3.57 Å². The second-order valence-corrected chi connectivity index (χ2v) is 6.00. The predicted molar refractivity (Wildman–Crippen MR) is 81.4 cm³/mol. The van der Waals surface area contributed by atoms with Gasteiger partial charge in [0.2, 0.25) is 0 Å². The molecule has 1 aliphatic heterocycles. The molecule has 0 radical (unpaired) electrons. The van der Waals surface area contributed by atoms with Crippen molar-refractivity contribution in [2.24, 2.45) is 0 Å². The Balaban J connectivity index is 1.71. The fraction of sp³-hybridized carbons (Fsp3) is 0.571. The molecular formula is C14H21IN2. The van der Waals surface area contributed by atoms with E-state index in [9.17, 15) is 0 Å². The summed E-state index contributed by atoms with van der Waals surface area (Å²) in [5.74, 6) is 0. The van der Waals surface area contributed by atoms with Crippen molar-refractivity contribution in [3.05, 3.63) is 33.4 Å². The van der Waals surface area contributed by atoms with E-state index in [2.05, 4.69) is 63.7 Å². The number of benzene rings is 1. The first-order chi connectivity index (χ1) is 8.25. The minimum atomic E-state index is 1.21. The maximum Gasteiger partial charge on any atom is 0.0162 e. The summed E-state index contributed by atoms with van der Waals surface area (Å²) in [4.78, 5) is 5.01. The third-order valence-electron chi connectivity index (χ3n) is 3.47. The summed E-state index contributed by atoms with van der Waals surface area (Å²) < 4.78 is 1.41. The van der Waals surface area contributed by atoms with E-state index in [0.717, 1.165) is 0 Å². The molecule has 0 saturated carbocycles. The molecule has 17 heavy (non-hydrogen) atoms. The second-order valence-electron chi connectivity index (χ2n) is 4.84. The van der Waals surface area contributed by atoms with E-state index < -0.39 is 0 Å². The molecule has 1 aromatic carbocycles. The Labute approximate surface area is 118 Å². The lowest BCUT2D eigenvalue weighted by Gasteiger charge is -2.32. The Morgan fingerprint density at radius 3 is 2.53 bits per heavy atom. The van der Waals surface area contributed by atoms with Gasteiger partial charge in [-0.2, -0.15) is 0 Å². The quantitative estimate of drug-likeness (QED) is 0.775. The summed E-state index contributed by atoms with van der Waals surface area (Å²) in [5.41, 5.74) is 1.50. The van der Waals surface area contributed by atoms with E-state index in [1.165, 1.54) is 54.7 Å². The summed E-state index contributed by atoms with van der Waals surface area (Å²) in [7, 11) is 2.21. The van der Waals surface area contributed by atoms with Gasteiger partial charge >= 0.3 is 0 Å². The lowest BCUT2D eigenvalue weighted by Crippen LogP contribution is -2.44. The zero-order chi connectivity index (χ0) is 12.1. The van der Waals surface area contributed by atoms with Gasteiger partial charge in [0.15, 0.2) is 0 Å². The highest BCUT2D eigenvalue weighted by atomic mass is 127. The van der Waals surface area contributed by atoms with Crippen molar-refractivity contribution in [3.63, 3.8) is 0 Å². The molecular weight excluding hydrogens is 323 g/mol. The Hall–Kier alpha value is -0.130. The largest absolute Gasteiger partial charge is 0.304 e. The number of nitrogens with zero attached hydrogens (tertiary/aromatic N) is 2. The van der Waals surface area contributed by atoms with Gasteiger partial charge in [0, 0.05) is 29.7 Å². The minimum Gasteiger partial charge on any atom is -0.304 e. The summed E-state index contributed by atoms with van der Waals surface area (Å²) in [5, 5.41) is 0. The number of hydrogen-bond acceptors (Lipinski definition) is 2. The molecule has 94 valence electrons. The number of likely N-dealkylation sites (N-methyl/N-ethyl adjacent to an activating group) is 1. The average molecular weight is 344 g/mol. The standard InChI is InChI=1S/C14H21IN2/c1-16-9-11-17(12-10-16)8-4-6-13-5-2-3-7-14(13)15/h2-3,5,7H,4,6,8-12H2,1H3. The lowest BCUT2D eigenvalue weighted by atomic mass is 10.1. The van der Waals surface area contributed by atoms with E-state index in [1.54, 1.807) is 0 Å². The van der Waals surface area contributed by atoms with Crippen molar-refractivity contribution < 1.29 is 0 Å². The van der Waals surface area contributed by atoms with Crippen LogP contribution in [0.5, 0.6) is 0 Å². The number of hydrogen-bond donors (Lipinski definition) is 0. The van der Waals surface area contributed by atoms with Crippen molar-refractivity contribution in [1.29, 1.82) is 0 Å². The Kier molecular flexibility index (Phi) is 5.25. The second kappa shape index (κ2) is 6.71. The number of halogens is 1. The Morgan fingerprint density at radius 1 is 1.12 bits per heavy atom. The predicted octanol–water partition coefficient (Wildman–Crippen LogP) is 2.47. The van der Waals surface area contributed by atoms with E-state index in [0.29, 0.717) is 0 Å². The normalized spacial score (nSPS) is 18.5. The zero-order valence-corrected chi connectivity index (χ0v) is 12.7. The van der Waals surface area contributed by atoms with Crippen LogP contribution in [0.25, 0.3) is 0 Å². The highest BCUT2D eigenvalue weighted by molar-refractivity contribution is 14.1. The number of rotatable bonds is 4. The highest BCUT2D eigenvalue weighted by Crippen LogP contribution is 2.13. The van der Waals surface area contributed by atoms with Crippen molar-refractivity contribution in [2.45, 2.75) is 12.8 Å². The molecule has 0 N–H and O–H groups in total. The van der Waals surface area contributed by atoms with Gasteiger partial charge in [-0.1, -0.05) is 18.2 Å². The maximum absolute atomic E-state index is 2.59. The molecule has 2 nitrogen and oxygen atoms in total. The smallest absolute Gasteiger partial charge is 0.0162 e. The van der Waals surface area contributed by atoms with Crippen LogP contribution < -0.4 is 0 Å². The lowest BCUT2D eigenvalue weighted by molar-refractivity contribution is 0.153. The third kappa shape index (κ3) is 4.23. The fourth-order valence-corrected chi connectivity index (χ4v) is 2.92. The van der Waals surface area contributed by atoms with Gasteiger partial charge in [-0.25, -0.2) is 0 Å². The monoisotopic (exact) mass is 344 g/mol. The van der Waals surface area contributed by atoms with Crippen molar-refractivity contribution in [3.8, 4) is 0 Å². The first kappa shape index (κ1) is 13.3. The summed E-state index contributed by atoms with van der Waals surface area (Å²) in [6.07, 6.45) is 2.50. The molecule has 0 amide bonds. The zero-order valence-electron chi connectivity index (χ0n) is 10.5. The molecule has 1 aliphatic rings. The van der Waals surface area contributed by atoms with Crippen LogP contribution in [-0.4, -0.2) is 49.6 Å². The fourth-order valence-electron chi connectivity index (χ4n) is 2.27. The molecule has 0 aliphatic carbocycles. The SMILES string of the molecule is CN1CCN(CCCc2ccccc2I)CC1. The van der Waals surface area contributed by atoms with Gasteiger partial charge in [0.25, 0.3) is 0 Å².